The summed E-state index contributed by atoms with van der Waals surface area (Å²) in [5.41, 5.74) is 6.98. The molecule has 0 aliphatic heterocycles. The lowest BCUT2D eigenvalue weighted by Crippen LogP contribution is -2.35. The molecule has 0 radical (unpaired) electrons. The smallest absolute Gasteiger partial charge is 0.227 e. The minimum atomic E-state index is 0.105. The third-order valence-electron chi connectivity index (χ3n) is 5.30. The molecule has 0 saturated heterocycles. The molecule has 2 heterocycles. The van der Waals surface area contributed by atoms with Gasteiger partial charge in [-0.3, -0.25) is 0 Å². The summed E-state index contributed by atoms with van der Waals surface area (Å²) < 4.78 is 11.2. The Balaban J connectivity index is 1.45. The molecule has 1 aromatic carbocycles. The van der Waals surface area contributed by atoms with Gasteiger partial charge in [-0.2, -0.15) is 4.98 Å². The molecule has 140 valence electrons. The van der Waals surface area contributed by atoms with Crippen molar-refractivity contribution in [2.75, 3.05) is 6.54 Å². The highest BCUT2D eigenvalue weighted by Crippen LogP contribution is 2.38. The lowest BCUT2D eigenvalue weighted by molar-refractivity contribution is 0.177. The van der Waals surface area contributed by atoms with Crippen LogP contribution in [-0.4, -0.2) is 21.7 Å². The predicted molar refractivity (Wildman–Crippen MR) is 102 cm³/mol. The quantitative estimate of drug-likeness (QED) is 0.698. The Morgan fingerprint density at radius 2 is 1.85 bits per heavy atom. The zero-order valence-electron chi connectivity index (χ0n) is 15.3. The van der Waals surface area contributed by atoms with Crippen molar-refractivity contribution in [3.8, 4) is 23.0 Å². The second-order valence-corrected chi connectivity index (χ2v) is 7.25. The Hall–Kier alpha value is -2.73. The van der Waals surface area contributed by atoms with E-state index in [9.17, 15) is 0 Å². The lowest BCUT2D eigenvalue weighted by Gasteiger charge is -2.34. The van der Waals surface area contributed by atoms with E-state index < -0.39 is 0 Å². The standard InChI is InChI=1S/C21H24N4O2/c22-15-21(11-5-2-6-12-21)13-19-24-20(25-27-19)16-9-10-18(23-14-16)26-17-7-3-1-4-8-17/h1,3-4,7-10,14H,2,5-6,11-13,15,22H2. The molecule has 1 aliphatic carbocycles. The molecular formula is C21H24N4O2. The summed E-state index contributed by atoms with van der Waals surface area (Å²) in [5.74, 6) is 2.48. The fraction of sp³-hybridized carbons (Fsp3) is 0.381. The molecule has 3 aromatic rings. The number of nitrogens with zero attached hydrogens (tertiary/aromatic N) is 3. The highest BCUT2D eigenvalue weighted by molar-refractivity contribution is 5.53. The zero-order chi connectivity index (χ0) is 18.5. The Morgan fingerprint density at radius 3 is 2.56 bits per heavy atom. The van der Waals surface area contributed by atoms with Crippen molar-refractivity contribution in [1.82, 2.24) is 15.1 Å². The maximum atomic E-state index is 6.07. The van der Waals surface area contributed by atoms with E-state index in [1.54, 1.807) is 12.3 Å². The molecule has 1 fully saturated rings. The van der Waals surface area contributed by atoms with Crippen LogP contribution in [0.3, 0.4) is 0 Å². The van der Waals surface area contributed by atoms with Crippen LogP contribution in [-0.2, 0) is 6.42 Å². The van der Waals surface area contributed by atoms with E-state index in [0.717, 1.165) is 30.6 Å². The summed E-state index contributed by atoms with van der Waals surface area (Å²) in [6.45, 7) is 0.664. The van der Waals surface area contributed by atoms with Gasteiger partial charge in [-0.05, 0) is 43.0 Å². The second kappa shape index (κ2) is 7.88. The number of pyridine rings is 1. The summed E-state index contributed by atoms with van der Waals surface area (Å²) in [7, 11) is 0. The first kappa shape index (κ1) is 17.7. The monoisotopic (exact) mass is 364 g/mol. The van der Waals surface area contributed by atoms with E-state index in [-0.39, 0.29) is 5.41 Å². The molecule has 0 atom stereocenters. The molecule has 4 rings (SSSR count). The van der Waals surface area contributed by atoms with Gasteiger partial charge in [0.1, 0.15) is 5.75 Å². The van der Waals surface area contributed by atoms with Gasteiger partial charge >= 0.3 is 0 Å². The summed E-state index contributed by atoms with van der Waals surface area (Å²) in [4.78, 5) is 8.91. The molecule has 0 amide bonds. The molecule has 2 aromatic heterocycles. The number of aromatic nitrogens is 3. The fourth-order valence-corrected chi connectivity index (χ4v) is 3.70. The van der Waals surface area contributed by atoms with E-state index >= 15 is 0 Å². The van der Waals surface area contributed by atoms with Crippen molar-refractivity contribution in [1.29, 1.82) is 0 Å². The van der Waals surface area contributed by atoms with Gasteiger partial charge in [0.05, 0.1) is 0 Å². The van der Waals surface area contributed by atoms with Crippen molar-refractivity contribution in [2.45, 2.75) is 38.5 Å². The molecular weight excluding hydrogens is 340 g/mol. The first-order valence-corrected chi connectivity index (χ1v) is 9.48. The molecule has 6 heteroatoms. The van der Waals surface area contributed by atoms with Gasteiger partial charge in [0, 0.05) is 24.2 Å². The Kier molecular flexibility index (Phi) is 5.16. The Labute approximate surface area is 158 Å². The van der Waals surface area contributed by atoms with Gasteiger partial charge in [0.2, 0.25) is 17.6 Å². The van der Waals surface area contributed by atoms with Gasteiger partial charge in [0.25, 0.3) is 0 Å². The molecule has 0 spiro atoms. The van der Waals surface area contributed by atoms with E-state index in [1.165, 1.54) is 19.3 Å². The SMILES string of the molecule is NCC1(Cc2nc(-c3ccc(Oc4ccccc4)nc3)no2)CCCCC1. The van der Waals surface area contributed by atoms with Crippen LogP contribution in [0.1, 0.15) is 38.0 Å². The van der Waals surface area contributed by atoms with E-state index in [2.05, 4.69) is 15.1 Å². The molecule has 1 saturated carbocycles. The Bertz CT molecular complexity index is 855. The highest BCUT2D eigenvalue weighted by atomic mass is 16.5. The van der Waals surface area contributed by atoms with Gasteiger partial charge in [-0.1, -0.05) is 42.6 Å². The van der Waals surface area contributed by atoms with Crippen LogP contribution < -0.4 is 10.5 Å². The first-order valence-electron chi connectivity index (χ1n) is 9.48. The number of nitrogens with two attached hydrogens (primary N) is 1. The normalized spacial score (nSPS) is 16.2. The average Bonchev–Trinajstić information content (AvgIpc) is 3.18. The zero-order valence-corrected chi connectivity index (χ0v) is 15.3. The van der Waals surface area contributed by atoms with Crippen LogP contribution in [0.5, 0.6) is 11.6 Å². The third-order valence-corrected chi connectivity index (χ3v) is 5.30. The molecule has 6 nitrogen and oxygen atoms in total. The van der Waals surface area contributed by atoms with Crippen LogP contribution in [0, 0.1) is 5.41 Å². The van der Waals surface area contributed by atoms with Gasteiger partial charge in [0.15, 0.2) is 0 Å². The number of benzene rings is 1. The Morgan fingerprint density at radius 1 is 1.04 bits per heavy atom. The van der Waals surface area contributed by atoms with Crippen molar-refractivity contribution in [3.63, 3.8) is 0 Å². The summed E-state index contributed by atoms with van der Waals surface area (Å²) >= 11 is 0. The average molecular weight is 364 g/mol. The van der Waals surface area contributed by atoms with Crippen molar-refractivity contribution in [3.05, 3.63) is 54.6 Å². The third kappa shape index (κ3) is 4.17. The minimum Gasteiger partial charge on any atom is -0.439 e. The maximum Gasteiger partial charge on any atom is 0.227 e. The molecule has 0 bridgehead atoms. The van der Waals surface area contributed by atoms with Crippen molar-refractivity contribution >= 4 is 0 Å². The van der Waals surface area contributed by atoms with Gasteiger partial charge in [-0.25, -0.2) is 4.98 Å². The summed E-state index contributed by atoms with van der Waals surface area (Å²) in [5, 5.41) is 4.12. The summed E-state index contributed by atoms with van der Waals surface area (Å²) in [6, 6.07) is 13.3. The number of hydrogen-bond acceptors (Lipinski definition) is 6. The predicted octanol–water partition coefficient (Wildman–Crippen LogP) is 4.38. The second-order valence-electron chi connectivity index (χ2n) is 7.25. The van der Waals surface area contributed by atoms with Crippen LogP contribution >= 0.6 is 0 Å². The highest BCUT2D eigenvalue weighted by Gasteiger charge is 2.33. The van der Waals surface area contributed by atoms with Crippen LogP contribution in [0.15, 0.2) is 53.2 Å². The van der Waals surface area contributed by atoms with Gasteiger partial charge < -0.3 is 15.0 Å². The fourth-order valence-electron chi connectivity index (χ4n) is 3.70. The molecule has 27 heavy (non-hydrogen) atoms. The van der Waals surface area contributed by atoms with Crippen molar-refractivity contribution in [2.24, 2.45) is 11.1 Å². The van der Waals surface area contributed by atoms with E-state index in [4.69, 9.17) is 15.0 Å². The summed E-state index contributed by atoms with van der Waals surface area (Å²) in [6.07, 6.45) is 8.46. The van der Waals surface area contributed by atoms with E-state index in [0.29, 0.717) is 24.1 Å². The largest absolute Gasteiger partial charge is 0.439 e. The number of para-hydroxylation sites is 1. The van der Waals surface area contributed by atoms with Crippen LogP contribution in [0.2, 0.25) is 0 Å². The number of ether oxygens (including phenoxy) is 1. The van der Waals surface area contributed by atoms with Gasteiger partial charge in [-0.15, -0.1) is 0 Å². The molecule has 2 N–H and O–H groups in total. The number of rotatable bonds is 6. The van der Waals surface area contributed by atoms with Crippen LogP contribution in [0.4, 0.5) is 0 Å². The van der Waals surface area contributed by atoms with Crippen LogP contribution in [0.25, 0.3) is 11.4 Å². The van der Waals surface area contributed by atoms with E-state index in [1.807, 2.05) is 36.4 Å². The first-order chi connectivity index (χ1) is 13.3. The maximum absolute atomic E-state index is 6.07. The lowest BCUT2D eigenvalue weighted by atomic mass is 9.72. The number of hydrogen-bond donors (Lipinski definition) is 1. The molecule has 1 aliphatic rings. The topological polar surface area (TPSA) is 87.1 Å². The van der Waals surface area contributed by atoms with Crippen molar-refractivity contribution < 1.29 is 9.26 Å². The molecule has 0 unspecified atom stereocenters. The minimum absolute atomic E-state index is 0.105.